The van der Waals surface area contributed by atoms with Gasteiger partial charge in [0.25, 0.3) is 0 Å². The molecule has 0 heterocycles. The summed E-state index contributed by atoms with van der Waals surface area (Å²) in [7, 11) is 0. The zero-order chi connectivity index (χ0) is 13.9. The molecule has 0 aromatic heterocycles. The molecule has 3 aliphatic carbocycles. The Balaban J connectivity index is 1.98. The zero-order valence-corrected chi connectivity index (χ0v) is 11.1. The number of carbonyl (C=O) groups excluding carboxylic acids is 2. The first-order valence-corrected chi connectivity index (χ1v) is 7.21. The Morgan fingerprint density at radius 1 is 0.950 bits per heavy atom. The number of Topliss-reactive ketones (excluding diaryl/α,β-unsaturated/α-hetero) is 2. The van der Waals surface area contributed by atoms with Crippen LogP contribution in [0, 0.1) is 17.2 Å². The Kier molecular flexibility index (Phi) is 2.34. The van der Waals surface area contributed by atoms with E-state index in [4.69, 9.17) is 5.41 Å². The van der Waals surface area contributed by atoms with E-state index in [1.165, 1.54) is 0 Å². The second-order valence-electron chi connectivity index (χ2n) is 5.90. The number of allylic oxidation sites excluding steroid dienone is 2. The van der Waals surface area contributed by atoms with Crippen molar-refractivity contribution in [3.05, 3.63) is 41.0 Å². The lowest BCUT2D eigenvalue weighted by Gasteiger charge is -2.26. The predicted octanol–water partition coefficient (Wildman–Crippen LogP) is 2.78. The van der Waals surface area contributed by atoms with E-state index < -0.39 is 0 Å². The summed E-state index contributed by atoms with van der Waals surface area (Å²) < 4.78 is 0. The van der Waals surface area contributed by atoms with E-state index in [0.717, 1.165) is 31.2 Å². The Hall–Kier alpha value is -2.03. The lowest BCUT2D eigenvalue weighted by Crippen LogP contribution is -2.27. The molecule has 20 heavy (non-hydrogen) atoms. The maximum atomic E-state index is 12.7. The lowest BCUT2D eigenvalue weighted by molar-refractivity contribution is -0.118. The molecule has 3 aliphatic rings. The standard InChI is InChI=1S/C17H15NO2/c18-15-11-7-3-1-5-9(11)13-14(17(15)20)10-6-2-4-8-12(10)16(13)19/h1,3,5,7,10,12,18H,2,4,6,8H2. The third-order valence-electron chi connectivity index (χ3n) is 4.93. The number of hydrogen-bond acceptors (Lipinski definition) is 3. The van der Waals surface area contributed by atoms with Crippen molar-refractivity contribution >= 4 is 22.9 Å². The van der Waals surface area contributed by atoms with E-state index in [1.54, 1.807) is 6.07 Å². The van der Waals surface area contributed by atoms with Crippen LogP contribution in [0.3, 0.4) is 0 Å². The highest BCUT2D eigenvalue weighted by molar-refractivity contribution is 6.57. The summed E-state index contributed by atoms with van der Waals surface area (Å²) in [6, 6.07) is 7.34. The molecule has 4 rings (SSSR count). The van der Waals surface area contributed by atoms with Crippen molar-refractivity contribution in [1.82, 2.24) is 0 Å². The highest BCUT2D eigenvalue weighted by Crippen LogP contribution is 2.49. The molecule has 0 spiro atoms. The summed E-state index contributed by atoms with van der Waals surface area (Å²) in [5.74, 6) is -0.0384. The fourth-order valence-electron chi connectivity index (χ4n) is 4.03. The van der Waals surface area contributed by atoms with Gasteiger partial charge in [0.05, 0.1) is 0 Å². The molecular formula is C17H15NO2. The first-order valence-electron chi connectivity index (χ1n) is 7.21. The van der Waals surface area contributed by atoms with E-state index in [1.807, 2.05) is 18.2 Å². The minimum Gasteiger partial charge on any atom is -0.296 e. The molecular weight excluding hydrogens is 250 g/mol. The number of ketones is 2. The summed E-state index contributed by atoms with van der Waals surface area (Å²) >= 11 is 0. The van der Waals surface area contributed by atoms with Gasteiger partial charge in [-0.3, -0.25) is 15.0 Å². The van der Waals surface area contributed by atoms with Crippen molar-refractivity contribution in [2.75, 3.05) is 0 Å². The van der Waals surface area contributed by atoms with Gasteiger partial charge in [0, 0.05) is 22.6 Å². The summed E-state index contributed by atoms with van der Waals surface area (Å²) in [6.45, 7) is 0. The van der Waals surface area contributed by atoms with Crippen molar-refractivity contribution in [3.8, 4) is 0 Å². The average Bonchev–Trinajstić information content (AvgIpc) is 2.79. The van der Waals surface area contributed by atoms with Crippen LogP contribution in [-0.4, -0.2) is 17.3 Å². The second kappa shape index (κ2) is 3.98. The smallest absolute Gasteiger partial charge is 0.208 e. The van der Waals surface area contributed by atoms with Gasteiger partial charge in [0.2, 0.25) is 5.78 Å². The maximum absolute atomic E-state index is 12.7. The molecule has 1 aromatic rings. The van der Waals surface area contributed by atoms with Crippen LogP contribution in [0.1, 0.15) is 36.8 Å². The van der Waals surface area contributed by atoms with Crippen LogP contribution in [0.25, 0.3) is 5.57 Å². The normalized spacial score (nSPS) is 28.3. The van der Waals surface area contributed by atoms with Crippen LogP contribution in [0.15, 0.2) is 29.8 Å². The van der Waals surface area contributed by atoms with Crippen LogP contribution in [0.5, 0.6) is 0 Å². The number of fused-ring (bicyclic) bond motifs is 4. The molecule has 3 heteroatoms. The number of hydrogen-bond donors (Lipinski definition) is 1. The van der Waals surface area contributed by atoms with E-state index in [-0.39, 0.29) is 29.1 Å². The summed E-state index contributed by atoms with van der Waals surface area (Å²) in [5, 5.41) is 8.10. The molecule has 0 saturated heterocycles. The van der Waals surface area contributed by atoms with Crippen molar-refractivity contribution in [2.24, 2.45) is 11.8 Å². The predicted molar refractivity (Wildman–Crippen MR) is 75.7 cm³/mol. The minimum absolute atomic E-state index is 0.0170. The molecule has 0 amide bonds. The van der Waals surface area contributed by atoms with Gasteiger partial charge in [-0.1, -0.05) is 37.1 Å². The lowest BCUT2D eigenvalue weighted by atomic mass is 9.76. The van der Waals surface area contributed by atoms with Crippen LogP contribution >= 0.6 is 0 Å². The topological polar surface area (TPSA) is 58.0 Å². The first-order chi connectivity index (χ1) is 9.70. The zero-order valence-electron chi connectivity index (χ0n) is 11.1. The Morgan fingerprint density at radius 2 is 1.60 bits per heavy atom. The largest absolute Gasteiger partial charge is 0.296 e. The Bertz CT molecular complexity index is 699. The molecule has 100 valence electrons. The summed E-state index contributed by atoms with van der Waals surface area (Å²) in [5.41, 5.74) is 2.73. The highest BCUT2D eigenvalue weighted by atomic mass is 16.1. The van der Waals surface area contributed by atoms with E-state index in [2.05, 4.69) is 0 Å². The molecule has 1 N–H and O–H groups in total. The maximum Gasteiger partial charge on any atom is 0.208 e. The molecule has 2 atom stereocenters. The van der Waals surface area contributed by atoms with Gasteiger partial charge in [0.1, 0.15) is 5.71 Å². The second-order valence-corrected chi connectivity index (χ2v) is 5.90. The Morgan fingerprint density at radius 3 is 2.35 bits per heavy atom. The van der Waals surface area contributed by atoms with Crippen LogP contribution in [0.2, 0.25) is 0 Å². The van der Waals surface area contributed by atoms with Gasteiger partial charge in [-0.2, -0.15) is 0 Å². The fourth-order valence-corrected chi connectivity index (χ4v) is 4.03. The molecule has 1 saturated carbocycles. The number of nitrogens with one attached hydrogen (secondary N) is 1. The molecule has 3 nitrogen and oxygen atoms in total. The average molecular weight is 265 g/mol. The molecule has 1 fully saturated rings. The molecule has 0 aliphatic heterocycles. The summed E-state index contributed by atoms with van der Waals surface area (Å²) in [6.07, 6.45) is 3.95. The third-order valence-corrected chi connectivity index (χ3v) is 4.93. The van der Waals surface area contributed by atoms with E-state index in [9.17, 15) is 9.59 Å². The highest BCUT2D eigenvalue weighted by Gasteiger charge is 2.48. The van der Waals surface area contributed by atoms with E-state index >= 15 is 0 Å². The monoisotopic (exact) mass is 265 g/mol. The fraction of sp³-hybridized carbons (Fsp3) is 0.353. The SMILES string of the molecule is N=C1C(=O)C2=C(C(=O)C3CCCCC23)c2ccccc21. The van der Waals surface area contributed by atoms with Crippen LogP contribution in [-0.2, 0) is 9.59 Å². The van der Waals surface area contributed by atoms with Crippen molar-refractivity contribution < 1.29 is 9.59 Å². The van der Waals surface area contributed by atoms with Crippen molar-refractivity contribution in [2.45, 2.75) is 25.7 Å². The van der Waals surface area contributed by atoms with Crippen LogP contribution < -0.4 is 0 Å². The van der Waals surface area contributed by atoms with E-state index in [0.29, 0.717) is 16.7 Å². The quantitative estimate of drug-likeness (QED) is 0.784. The minimum atomic E-state index is -0.221. The van der Waals surface area contributed by atoms with Crippen molar-refractivity contribution in [3.63, 3.8) is 0 Å². The Labute approximate surface area is 117 Å². The van der Waals surface area contributed by atoms with Gasteiger partial charge in [0.15, 0.2) is 5.78 Å². The van der Waals surface area contributed by atoms with Gasteiger partial charge in [-0.05, 0) is 24.3 Å². The number of carbonyl (C=O) groups is 2. The molecule has 0 bridgehead atoms. The molecule has 1 aromatic carbocycles. The van der Waals surface area contributed by atoms with Gasteiger partial charge in [-0.15, -0.1) is 0 Å². The van der Waals surface area contributed by atoms with Crippen LogP contribution in [0.4, 0.5) is 0 Å². The molecule has 0 radical (unpaired) electrons. The third kappa shape index (κ3) is 1.33. The number of benzene rings is 1. The van der Waals surface area contributed by atoms with Gasteiger partial charge >= 0.3 is 0 Å². The van der Waals surface area contributed by atoms with Gasteiger partial charge < -0.3 is 0 Å². The summed E-state index contributed by atoms with van der Waals surface area (Å²) in [4.78, 5) is 25.2. The number of rotatable bonds is 0. The molecule has 2 unspecified atom stereocenters. The first kappa shape index (κ1) is 11.8. The van der Waals surface area contributed by atoms with Crippen molar-refractivity contribution in [1.29, 1.82) is 5.41 Å². The van der Waals surface area contributed by atoms with Gasteiger partial charge in [-0.25, -0.2) is 0 Å².